The highest BCUT2D eigenvalue weighted by Gasteiger charge is 2.34. The average molecular weight is 433 g/mol. The summed E-state index contributed by atoms with van der Waals surface area (Å²) in [6.45, 7) is 0.837. The van der Waals surface area contributed by atoms with Gasteiger partial charge in [0.2, 0.25) is 15.9 Å². The van der Waals surface area contributed by atoms with E-state index in [1.165, 1.54) is 28.6 Å². The number of piperidine rings is 1. The highest BCUT2D eigenvalue weighted by Crippen LogP contribution is 2.31. The molecule has 28 heavy (non-hydrogen) atoms. The summed E-state index contributed by atoms with van der Waals surface area (Å²) in [5, 5.41) is 13.6. The molecular weight excluding hydrogens is 408 g/mol. The Kier molecular flexibility index (Phi) is 7.38. The molecule has 1 amide bonds. The zero-order chi connectivity index (χ0) is 19.6. The predicted octanol–water partition coefficient (Wildman–Crippen LogP) is 1.27. The van der Waals surface area contributed by atoms with E-state index in [4.69, 9.17) is 5.73 Å². The number of carbonyl (C=O) groups excluding carboxylic acids is 1. The van der Waals surface area contributed by atoms with Gasteiger partial charge in [-0.05, 0) is 43.7 Å². The molecule has 3 rings (SSSR count). The van der Waals surface area contributed by atoms with Gasteiger partial charge in [0.05, 0.1) is 15.7 Å². The van der Waals surface area contributed by atoms with Crippen molar-refractivity contribution in [1.29, 1.82) is 0 Å². The summed E-state index contributed by atoms with van der Waals surface area (Å²) in [6, 6.07) is 4.75. The third-order valence-electron chi connectivity index (χ3n) is 5.18. The third-order valence-corrected chi connectivity index (χ3v) is 7.06. The van der Waals surface area contributed by atoms with E-state index in [1.54, 1.807) is 0 Å². The lowest BCUT2D eigenvalue weighted by atomic mass is 9.98. The van der Waals surface area contributed by atoms with Crippen LogP contribution in [0.2, 0.25) is 0 Å². The van der Waals surface area contributed by atoms with Gasteiger partial charge in [0.25, 0.3) is 5.69 Å². The van der Waals surface area contributed by atoms with E-state index in [0.29, 0.717) is 31.8 Å². The van der Waals surface area contributed by atoms with E-state index in [0.717, 1.165) is 12.8 Å². The number of hydrogen-bond donors (Lipinski definition) is 2. The van der Waals surface area contributed by atoms with E-state index in [9.17, 15) is 23.3 Å². The largest absolute Gasteiger partial charge is 0.354 e. The number of nitrogens with zero attached hydrogens (tertiary/aromatic N) is 2. The number of sulfonamides is 1. The van der Waals surface area contributed by atoms with Gasteiger partial charge < -0.3 is 11.1 Å². The number of nitro groups is 1. The Morgan fingerprint density at radius 1 is 1.29 bits per heavy atom. The van der Waals surface area contributed by atoms with E-state index in [-0.39, 0.29) is 41.5 Å². The molecule has 0 aromatic heterocycles. The SMILES string of the molecule is Cl.NC(CNC(=O)C1CCCN(S(=O)(=O)c2ccc([N+](=O)[O-])cc2)C1)C1CC1. The van der Waals surface area contributed by atoms with Crippen molar-refractivity contribution in [2.45, 2.75) is 36.6 Å². The second-order valence-corrected chi connectivity index (χ2v) is 9.14. The van der Waals surface area contributed by atoms with Gasteiger partial charge in [0.15, 0.2) is 0 Å². The summed E-state index contributed by atoms with van der Waals surface area (Å²) in [5.74, 6) is -0.108. The van der Waals surface area contributed by atoms with E-state index >= 15 is 0 Å². The Bertz CT molecular complexity index is 813. The van der Waals surface area contributed by atoms with Crippen molar-refractivity contribution < 1.29 is 18.1 Å². The normalized spacial score (nSPS) is 21.4. The van der Waals surface area contributed by atoms with Crippen molar-refractivity contribution in [2.24, 2.45) is 17.6 Å². The molecule has 2 fully saturated rings. The Morgan fingerprint density at radius 3 is 2.50 bits per heavy atom. The summed E-state index contributed by atoms with van der Waals surface area (Å²) >= 11 is 0. The Balaban J connectivity index is 0.00000280. The third kappa shape index (κ3) is 5.19. The predicted molar refractivity (Wildman–Crippen MR) is 106 cm³/mol. The van der Waals surface area contributed by atoms with E-state index in [2.05, 4.69) is 5.32 Å². The quantitative estimate of drug-likeness (QED) is 0.492. The highest BCUT2D eigenvalue weighted by molar-refractivity contribution is 7.89. The molecule has 1 aromatic carbocycles. The zero-order valence-electron chi connectivity index (χ0n) is 15.3. The summed E-state index contributed by atoms with van der Waals surface area (Å²) in [4.78, 5) is 22.6. The van der Waals surface area contributed by atoms with Crippen LogP contribution in [0, 0.1) is 22.0 Å². The van der Waals surface area contributed by atoms with Crippen LogP contribution in [-0.2, 0) is 14.8 Å². The number of non-ortho nitro benzene ring substituents is 1. The maximum atomic E-state index is 12.8. The fraction of sp³-hybridized carbons (Fsp3) is 0.588. The summed E-state index contributed by atoms with van der Waals surface area (Å²) in [6.07, 6.45) is 3.40. The van der Waals surface area contributed by atoms with Crippen molar-refractivity contribution in [3.8, 4) is 0 Å². The lowest BCUT2D eigenvalue weighted by Crippen LogP contribution is -2.47. The number of nitrogens with two attached hydrogens (primary N) is 1. The van der Waals surface area contributed by atoms with Crippen molar-refractivity contribution in [3.63, 3.8) is 0 Å². The lowest BCUT2D eigenvalue weighted by molar-refractivity contribution is -0.384. The first-order chi connectivity index (χ1) is 12.8. The van der Waals surface area contributed by atoms with Gasteiger partial charge in [-0.25, -0.2) is 8.42 Å². The fourth-order valence-corrected chi connectivity index (χ4v) is 4.84. The standard InChI is InChI=1S/C17H24N4O5S.ClH/c18-16(12-3-4-12)10-19-17(22)13-2-1-9-20(11-13)27(25,26)15-7-5-14(6-8-15)21(23)24;/h5-8,12-13,16H,1-4,9-11,18H2,(H,19,22);1H. The van der Waals surface area contributed by atoms with Crippen molar-refractivity contribution in [3.05, 3.63) is 34.4 Å². The van der Waals surface area contributed by atoms with Gasteiger partial charge in [-0.2, -0.15) is 4.31 Å². The van der Waals surface area contributed by atoms with Gasteiger partial charge in [0, 0.05) is 37.8 Å². The van der Waals surface area contributed by atoms with Gasteiger partial charge in [-0.1, -0.05) is 0 Å². The van der Waals surface area contributed by atoms with Crippen molar-refractivity contribution in [1.82, 2.24) is 9.62 Å². The molecule has 1 aliphatic heterocycles. The molecule has 2 unspecified atom stereocenters. The number of hydrogen-bond acceptors (Lipinski definition) is 6. The van der Waals surface area contributed by atoms with Crippen molar-refractivity contribution in [2.75, 3.05) is 19.6 Å². The van der Waals surface area contributed by atoms with Crippen LogP contribution < -0.4 is 11.1 Å². The molecular formula is C17H25ClN4O5S. The number of amides is 1. The molecule has 2 atom stereocenters. The van der Waals surface area contributed by atoms with Crippen LogP contribution in [0.5, 0.6) is 0 Å². The molecule has 0 radical (unpaired) electrons. The van der Waals surface area contributed by atoms with Crippen LogP contribution in [0.25, 0.3) is 0 Å². The van der Waals surface area contributed by atoms with Gasteiger partial charge in [-0.15, -0.1) is 12.4 Å². The maximum Gasteiger partial charge on any atom is 0.269 e. The van der Waals surface area contributed by atoms with Crippen molar-refractivity contribution >= 4 is 34.0 Å². The number of carbonyl (C=O) groups is 1. The molecule has 1 aliphatic carbocycles. The molecule has 1 heterocycles. The first kappa shape index (κ1) is 22.5. The molecule has 11 heteroatoms. The molecule has 3 N–H and O–H groups in total. The number of halogens is 1. The summed E-state index contributed by atoms with van der Waals surface area (Å²) < 4.78 is 26.9. The van der Waals surface area contributed by atoms with E-state index in [1.807, 2.05) is 0 Å². The molecule has 1 saturated carbocycles. The minimum Gasteiger partial charge on any atom is -0.354 e. The number of nitrogens with one attached hydrogen (secondary N) is 1. The second kappa shape index (κ2) is 9.17. The highest BCUT2D eigenvalue weighted by atomic mass is 35.5. The lowest BCUT2D eigenvalue weighted by Gasteiger charge is -2.31. The van der Waals surface area contributed by atoms with Crippen LogP contribution in [0.3, 0.4) is 0 Å². The van der Waals surface area contributed by atoms with Crippen LogP contribution in [0.1, 0.15) is 25.7 Å². The van der Waals surface area contributed by atoms with E-state index < -0.39 is 20.9 Å². The monoisotopic (exact) mass is 432 g/mol. The molecule has 1 saturated heterocycles. The second-order valence-electron chi connectivity index (χ2n) is 7.20. The van der Waals surface area contributed by atoms with Gasteiger partial charge >= 0.3 is 0 Å². The minimum absolute atomic E-state index is 0. The average Bonchev–Trinajstić information content (AvgIpc) is 3.51. The first-order valence-electron chi connectivity index (χ1n) is 9.07. The fourth-order valence-electron chi connectivity index (χ4n) is 3.32. The smallest absolute Gasteiger partial charge is 0.269 e. The van der Waals surface area contributed by atoms with Crippen LogP contribution in [-0.4, -0.2) is 49.2 Å². The Morgan fingerprint density at radius 2 is 1.93 bits per heavy atom. The molecule has 9 nitrogen and oxygen atoms in total. The number of benzene rings is 1. The van der Waals surface area contributed by atoms with Gasteiger partial charge in [-0.3, -0.25) is 14.9 Å². The molecule has 2 aliphatic rings. The van der Waals surface area contributed by atoms with Gasteiger partial charge in [0.1, 0.15) is 0 Å². The number of rotatable bonds is 7. The Hall–Kier alpha value is -1.75. The molecule has 0 bridgehead atoms. The zero-order valence-corrected chi connectivity index (χ0v) is 17.0. The number of nitro benzene ring substituents is 1. The topological polar surface area (TPSA) is 136 Å². The molecule has 0 spiro atoms. The van der Waals surface area contributed by atoms with Crippen LogP contribution in [0.15, 0.2) is 29.2 Å². The molecule has 1 aromatic rings. The van der Waals surface area contributed by atoms with Crippen LogP contribution in [0.4, 0.5) is 5.69 Å². The molecule has 156 valence electrons. The Labute approximate surface area is 170 Å². The first-order valence-corrected chi connectivity index (χ1v) is 10.5. The van der Waals surface area contributed by atoms with Crippen LogP contribution >= 0.6 is 12.4 Å². The summed E-state index contributed by atoms with van der Waals surface area (Å²) in [7, 11) is -3.80. The summed E-state index contributed by atoms with van der Waals surface area (Å²) in [5.41, 5.74) is 5.82. The maximum absolute atomic E-state index is 12.8. The minimum atomic E-state index is -3.80.